The summed E-state index contributed by atoms with van der Waals surface area (Å²) in [7, 11) is 0. The van der Waals surface area contributed by atoms with Crippen molar-refractivity contribution in [2.24, 2.45) is 4.99 Å². The Kier molecular flexibility index (Phi) is 5.41. The molecule has 0 saturated heterocycles. The molecule has 1 heterocycles. The third-order valence-corrected chi connectivity index (χ3v) is 4.40. The van der Waals surface area contributed by atoms with Crippen LogP contribution in [0.1, 0.15) is 42.2 Å². The minimum Gasteiger partial charge on any atom is -0.309 e. The third-order valence-electron chi connectivity index (χ3n) is 4.10. The van der Waals surface area contributed by atoms with Crippen molar-refractivity contribution in [3.8, 4) is 0 Å². The molecule has 1 aliphatic rings. The predicted molar refractivity (Wildman–Crippen MR) is 95.7 cm³/mol. The van der Waals surface area contributed by atoms with Crippen molar-refractivity contribution in [2.75, 3.05) is 5.32 Å². The zero-order chi connectivity index (χ0) is 19.6. The number of halogens is 4. The van der Waals surface area contributed by atoms with Crippen LogP contribution in [0, 0.1) is 5.82 Å². The summed E-state index contributed by atoms with van der Waals surface area (Å²) in [5.41, 5.74) is -0.332. The van der Waals surface area contributed by atoms with Gasteiger partial charge in [-0.2, -0.15) is 13.9 Å². The average molecular weight is 400 g/mol. The van der Waals surface area contributed by atoms with Crippen LogP contribution < -0.4 is 10.6 Å². The monoisotopic (exact) mass is 399 g/mol. The first-order valence-electron chi connectivity index (χ1n) is 8.27. The van der Waals surface area contributed by atoms with Gasteiger partial charge in [0.15, 0.2) is 5.82 Å². The summed E-state index contributed by atoms with van der Waals surface area (Å²) in [6.07, 6.45) is 2.73. The first kappa shape index (κ1) is 19.2. The summed E-state index contributed by atoms with van der Waals surface area (Å²) in [4.78, 5) is 16.7. The van der Waals surface area contributed by atoms with E-state index in [4.69, 9.17) is 11.6 Å². The number of nitrogens with zero attached hydrogens (tertiary/aromatic N) is 2. The molecule has 3 rings (SSSR count). The van der Waals surface area contributed by atoms with Gasteiger partial charge in [0.25, 0.3) is 11.8 Å². The number of aromatic nitrogens is 2. The Morgan fingerprint density at radius 2 is 2.11 bits per heavy atom. The number of H-pyrrole nitrogens is 1. The molecule has 6 nitrogen and oxygen atoms in total. The molecule has 0 spiro atoms. The van der Waals surface area contributed by atoms with Crippen LogP contribution >= 0.6 is 11.6 Å². The van der Waals surface area contributed by atoms with Gasteiger partial charge in [-0.1, -0.05) is 11.6 Å². The van der Waals surface area contributed by atoms with E-state index in [9.17, 15) is 18.0 Å². The Hall–Kier alpha value is -2.55. The number of hydrogen-bond donors (Lipinski definition) is 3. The van der Waals surface area contributed by atoms with Crippen LogP contribution in [-0.4, -0.2) is 28.1 Å². The zero-order valence-electron chi connectivity index (χ0n) is 14.3. The average Bonchev–Trinajstić information content (AvgIpc) is 3.02. The van der Waals surface area contributed by atoms with Gasteiger partial charge < -0.3 is 5.32 Å². The topological polar surface area (TPSA) is 82.2 Å². The van der Waals surface area contributed by atoms with Crippen molar-refractivity contribution in [3.05, 3.63) is 46.4 Å². The molecule has 1 amide bonds. The number of carbonyl (C=O) groups excluding carboxylic acids is 1. The van der Waals surface area contributed by atoms with E-state index in [0.717, 1.165) is 38.3 Å². The maximum absolute atomic E-state index is 13.6. The maximum Gasteiger partial charge on any atom is 0.286 e. The fourth-order valence-corrected chi connectivity index (χ4v) is 2.46. The normalized spacial score (nSPS) is 15.4. The molecule has 3 N–H and O–H groups in total. The summed E-state index contributed by atoms with van der Waals surface area (Å²) in [5.74, 6) is -4.29. The highest BCUT2D eigenvalue weighted by Gasteiger charge is 2.27. The molecule has 0 radical (unpaired) electrons. The number of alkyl halides is 2. The highest BCUT2D eigenvalue weighted by molar-refractivity contribution is 6.30. The van der Waals surface area contributed by atoms with Gasteiger partial charge in [-0.25, -0.2) is 9.38 Å². The third kappa shape index (κ3) is 4.79. The Balaban J connectivity index is 1.77. The van der Waals surface area contributed by atoms with Crippen molar-refractivity contribution in [1.82, 2.24) is 15.5 Å². The minimum atomic E-state index is -3.08. The van der Waals surface area contributed by atoms with Gasteiger partial charge in [0.2, 0.25) is 5.96 Å². The highest BCUT2D eigenvalue weighted by Crippen LogP contribution is 2.27. The smallest absolute Gasteiger partial charge is 0.286 e. The number of anilines is 1. The van der Waals surface area contributed by atoms with E-state index < -0.39 is 17.6 Å². The Morgan fingerprint density at radius 1 is 1.37 bits per heavy atom. The van der Waals surface area contributed by atoms with Crippen molar-refractivity contribution in [2.45, 2.75) is 38.2 Å². The van der Waals surface area contributed by atoms with Crippen LogP contribution in [0.25, 0.3) is 0 Å². The standard InChI is InChI=1S/C17H17ClF3N5O/c1-17(20,21)13-8-14(26-25-13)23-16(22-10-3-2-4-10)24-15(27)9-5-6-11(18)12(19)7-9/h5-8,10H,2-4H2,1H3,(H3,22,23,24,25,26,27). The number of nitrogens with one attached hydrogen (secondary N) is 3. The molecular formula is C17H17ClF3N5O. The molecule has 2 aromatic rings. The van der Waals surface area contributed by atoms with Gasteiger partial charge >= 0.3 is 0 Å². The quantitative estimate of drug-likeness (QED) is 0.535. The second-order valence-electron chi connectivity index (χ2n) is 6.33. The van der Waals surface area contributed by atoms with Crippen molar-refractivity contribution in [3.63, 3.8) is 0 Å². The van der Waals surface area contributed by atoms with Crippen LogP contribution in [0.4, 0.5) is 19.0 Å². The maximum atomic E-state index is 13.6. The SMILES string of the molecule is CC(F)(F)c1cc(NC(=NC2CCC2)NC(=O)c2ccc(Cl)c(F)c2)n[nH]1. The van der Waals surface area contributed by atoms with E-state index in [1.54, 1.807) is 0 Å². The van der Waals surface area contributed by atoms with E-state index in [0.29, 0.717) is 0 Å². The minimum absolute atomic E-state index is 0.0146. The lowest BCUT2D eigenvalue weighted by Gasteiger charge is -2.22. The molecule has 1 saturated carbocycles. The molecule has 144 valence electrons. The van der Waals surface area contributed by atoms with Gasteiger partial charge in [-0.3, -0.25) is 15.2 Å². The van der Waals surface area contributed by atoms with E-state index in [2.05, 4.69) is 25.8 Å². The number of hydrogen-bond acceptors (Lipinski definition) is 3. The summed E-state index contributed by atoms with van der Waals surface area (Å²) in [6.45, 7) is 0.741. The van der Waals surface area contributed by atoms with Gasteiger partial charge in [0.1, 0.15) is 11.5 Å². The Labute approximate surface area is 158 Å². The van der Waals surface area contributed by atoms with E-state index in [-0.39, 0.29) is 34.1 Å². The second kappa shape index (κ2) is 7.59. The number of carbonyl (C=O) groups is 1. The van der Waals surface area contributed by atoms with E-state index in [1.165, 1.54) is 12.1 Å². The van der Waals surface area contributed by atoms with E-state index >= 15 is 0 Å². The van der Waals surface area contributed by atoms with Crippen LogP contribution in [-0.2, 0) is 5.92 Å². The van der Waals surface area contributed by atoms with Crippen molar-refractivity contribution < 1.29 is 18.0 Å². The largest absolute Gasteiger partial charge is 0.309 e. The molecule has 1 aliphatic carbocycles. The summed E-state index contributed by atoms with van der Waals surface area (Å²) < 4.78 is 40.2. The molecule has 0 atom stereocenters. The summed E-state index contributed by atoms with van der Waals surface area (Å²) in [6, 6.07) is 4.78. The zero-order valence-corrected chi connectivity index (χ0v) is 15.1. The number of aliphatic imine (C=N–C) groups is 1. The van der Waals surface area contributed by atoms with Crippen molar-refractivity contribution in [1.29, 1.82) is 0 Å². The van der Waals surface area contributed by atoms with Crippen LogP contribution in [0.15, 0.2) is 29.3 Å². The molecule has 0 bridgehead atoms. The molecule has 1 fully saturated rings. The molecular weight excluding hydrogens is 383 g/mol. The Morgan fingerprint density at radius 3 is 2.67 bits per heavy atom. The fourth-order valence-electron chi connectivity index (χ4n) is 2.34. The highest BCUT2D eigenvalue weighted by atomic mass is 35.5. The number of guanidine groups is 1. The first-order valence-corrected chi connectivity index (χ1v) is 8.65. The first-order chi connectivity index (χ1) is 12.7. The molecule has 0 unspecified atom stereocenters. The molecule has 1 aromatic heterocycles. The summed E-state index contributed by atoms with van der Waals surface area (Å²) in [5, 5.41) is 11.1. The molecule has 0 aliphatic heterocycles. The van der Waals surface area contributed by atoms with Gasteiger partial charge in [0.05, 0.1) is 11.1 Å². The molecule has 10 heteroatoms. The van der Waals surface area contributed by atoms with Gasteiger partial charge in [0, 0.05) is 18.6 Å². The van der Waals surface area contributed by atoms with Gasteiger partial charge in [-0.05, 0) is 37.5 Å². The number of benzene rings is 1. The second-order valence-corrected chi connectivity index (χ2v) is 6.73. The lowest BCUT2D eigenvalue weighted by molar-refractivity contribution is 0.0127. The lowest BCUT2D eigenvalue weighted by Crippen LogP contribution is -2.38. The van der Waals surface area contributed by atoms with Crippen LogP contribution in [0.5, 0.6) is 0 Å². The lowest BCUT2D eigenvalue weighted by atomic mass is 9.94. The van der Waals surface area contributed by atoms with Crippen LogP contribution in [0.2, 0.25) is 5.02 Å². The number of rotatable bonds is 4. The molecule has 1 aromatic carbocycles. The predicted octanol–water partition coefficient (Wildman–Crippen LogP) is 4.06. The van der Waals surface area contributed by atoms with E-state index in [1.807, 2.05) is 0 Å². The Bertz CT molecular complexity index is 874. The molecule has 27 heavy (non-hydrogen) atoms. The fraction of sp³-hybridized carbons (Fsp3) is 0.353. The van der Waals surface area contributed by atoms with Gasteiger partial charge in [-0.15, -0.1) is 0 Å². The number of aromatic amines is 1. The number of amides is 1. The van der Waals surface area contributed by atoms with Crippen LogP contribution in [0.3, 0.4) is 0 Å². The van der Waals surface area contributed by atoms with Crippen molar-refractivity contribution >= 4 is 29.3 Å². The summed E-state index contributed by atoms with van der Waals surface area (Å²) >= 11 is 5.62.